The Morgan fingerprint density at radius 3 is 2.23 bits per heavy atom. The van der Waals surface area contributed by atoms with Gasteiger partial charge in [-0.15, -0.1) is 0 Å². The zero-order chi connectivity index (χ0) is 15.9. The quantitative estimate of drug-likeness (QED) is 0.807. The molecule has 1 amide bonds. The van der Waals surface area contributed by atoms with Crippen molar-refractivity contribution in [3.05, 3.63) is 64.7 Å². The summed E-state index contributed by atoms with van der Waals surface area (Å²) in [4.78, 5) is 13.7. The molecule has 2 rings (SSSR count). The van der Waals surface area contributed by atoms with E-state index < -0.39 is 0 Å². The highest BCUT2D eigenvalue weighted by atomic mass is 35.5. The molecule has 3 nitrogen and oxygen atoms in total. The van der Waals surface area contributed by atoms with Crippen LogP contribution in [-0.2, 0) is 17.8 Å². The van der Waals surface area contributed by atoms with Gasteiger partial charge in [-0.05, 0) is 41.8 Å². The first kappa shape index (κ1) is 16.4. The number of hydrogen-bond acceptors (Lipinski definition) is 2. The fraction of sp³-hybridized carbons (Fsp3) is 0.278. The van der Waals surface area contributed by atoms with Gasteiger partial charge in [0.1, 0.15) is 5.75 Å². The third-order valence-corrected chi connectivity index (χ3v) is 3.70. The monoisotopic (exact) mass is 317 g/mol. The predicted molar refractivity (Wildman–Crippen MR) is 89.2 cm³/mol. The van der Waals surface area contributed by atoms with Gasteiger partial charge in [0.25, 0.3) is 5.91 Å². The average Bonchev–Trinajstić information content (AvgIpc) is 2.54. The molecule has 4 heteroatoms. The molecule has 0 spiro atoms. The Morgan fingerprint density at radius 2 is 1.64 bits per heavy atom. The molecule has 0 aliphatic carbocycles. The van der Waals surface area contributed by atoms with E-state index in [1.165, 1.54) is 5.56 Å². The summed E-state index contributed by atoms with van der Waals surface area (Å²) in [5.74, 6) is 0.577. The van der Waals surface area contributed by atoms with Crippen LogP contribution in [0.25, 0.3) is 0 Å². The number of hydrogen-bond donors (Lipinski definition) is 0. The molecule has 0 atom stereocenters. The van der Waals surface area contributed by atoms with E-state index in [0.717, 1.165) is 12.0 Å². The van der Waals surface area contributed by atoms with Gasteiger partial charge in [0.15, 0.2) is 6.61 Å². The number of amides is 1. The fourth-order valence-electron chi connectivity index (χ4n) is 2.03. The highest BCUT2D eigenvalue weighted by Gasteiger charge is 2.10. The molecule has 0 bridgehead atoms. The number of ether oxygens (including phenoxy) is 1. The van der Waals surface area contributed by atoms with Gasteiger partial charge in [-0.25, -0.2) is 0 Å². The van der Waals surface area contributed by atoms with Crippen LogP contribution >= 0.6 is 11.6 Å². The molecule has 116 valence electrons. The maximum absolute atomic E-state index is 12.1. The first-order chi connectivity index (χ1) is 10.6. The molecule has 0 saturated carbocycles. The topological polar surface area (TPSA) is 29.5 Å². The Balaban J connectivity index is 1.84. The lowest BCUT2D eigenvalue weighted by molar-refractivity contribution is -0.132. The number of nitrogens with zero attached hydrogens (tertiary/aromatic N) is 1. The molecule has 0 heterocycles. The van der Waals surface area contributed by atoms with E-state index in [-0.39, 0.29) is 12.5 Å². The van der Waals surface area contributed by atoms with E-state index >= 15 is 0 Å². The van der Waals surface area contributed by atoms with Crippen LogP contribution in [0, 0.1) is 0 Å². The predicted octanol–water partition coefficient (Wildman–Crippen LogP) is 3.94. The largest absolute Gasteiger partial charge is 0.484 e. The van der Waals surface area contributed by atoms with Crippen LogP contribution < -0.4 is 4.74 Å². The van der Waals surface area contributed by atoms with Crippen molar-refractivity contribution in [1.29, 1.82) is 0 Å². The molecule has 0 aliphatic heterocycles. The third-order valence-electron chi connectivity index (χ3n) is 3.45. The zero-order valence-electron chi connectivity index (χ0n) is 12.9. The molecule has 0 aliphatic rings. The summed E-state index contributed by atoms with van der Waals surface area (Å²) in [6.45, 7) is 2.72. The summed E-state index contributed by atoms with van der Waals surface area (Å²) < 4.78 is 5.47. The molecule has 2 aromatic rings. The van der Waals surface area contributed by atoms with Crippen LogP contribution in [0.4, 0.5) is 0 Å². The van der Waals surface area contributed by atoms with E-state index in [4.69, 9.17) is 16.3 Å². The Morgan fingerprint density at radius 1 is 1.05 bits per heavy atom. The minimum absolute atomic E-state index is 0.0190. The van der Waals surface area contributed by atoms with Gasteiger partial charge < -0.3 is 9.64 Å². The lowest BCUT2D eigenvalue weighted by Crippen LogP contribution is -2.30. The second kappa shape index (κ2) is 7.85. The van der Waals surface area contributed by atoms with E-state index in [1.54, 1.807) is 36.2 Å². The second-order valence-electron chi connectivity index (χ2n) is 5.16. The van der Waals surface area contributed by atoms with Gasteiger partial charge in [0.2, 0.25) is 0 Å². The molecule has 0 fully saturated rings. The lowest BCUT2D eigenvalue weighted by Gasteiger charge is -2.17. The summed E-state index contributed by atoms with van der Waals surface area (Å²) in [5, 5.41) is 0.645. The lowest BCUT2D eigenvalue weighted by atomic mass is 10.1. The van der Waals surface area contributed by atoms with Crippen LogP contribution in [0.5, 0.6) is 5.75 Å². The van der Waals surface area contributed by atoms with Crippen molar-refractivity contribution in [1.82, 2.24) is 4.90 Å². The Kier molecular flexibility index (Phi) is 5.84. The fourth-order valence-corrected chi connectivity index (χ4v) is 2.15. The van der Waals surface area contributed by atoms with Crippen LogP contribution in [-0.4, -0.2) is 24.5 Å². The molecule has 22 heavy (non-hydrogen) atoms. The number of carbonyl (C=O) groups is 1. The van der Waals surface area contributed by atoms with Crippen LogP contribution in [0.1, 0.15) is 18.1 Å². The number of halogens is 1. The number of likely N-dealkylation sites (N-methyl/N-ethyl adjacent to an activating group) is 1. The molecule has 0 N–H and O–H groups in total. The maximum atomic E-state index is 12.1. The first-order valence-electron chi connectivity index (χ1n) is 7.28. The van der Waals surface area contributed by atoms with Crippen molar-refractivity contribution in [3.63, 3.8) is 0 Å². The van der Waals surface area contributed by atoms with Crippen molar-refractivity contribution in [2.75, 3.05) is 13.7 Å². The van der Waals surface area contributed by atoms with Crippen molar-refractivity contribution < 1.29 is 9.53 Å². The molecule has 0 saturated heterocycles. The normalized spacial score (nSPS) is 10.3. The van der Waals surface area contributed by atoms with Gasteiger partial charge in [-0.2, -0.15) is 0 Å². The van der Waals surface area contributed by atoms with Gasteiger partial charge in [0.05, 0.1) is 0 Å². The number of carbonyl (C=O) groups excluding carboxylic acids is 1. The van der Waals surface area contributed by atoms with Gasteiger partial charge in [-0.3, -0.25) is 4.79 Å². The zero-order valence-corrected chi connectivity index (χ0v) is 13.6. The van der Waals surface area contributed by atoms with Crippen LogP contribution in [0.15, 0.2) is 48.5 Å². The molecular formula is C18H20ClNO2. The highest BCUT2D eigenvalue weighted by molar-refractivity contribution is 6.30. The summed E-state index contributed by atoms with van der Waals surface area (Å²) in [6, 6.07) is 15.3. The van der Waals surface area contributed by atoms with Gasteiger partial charge >= 0.3 is 0 Å². The van der Waals surface area contributed by atoms with Crippen molar-refractivity contribution >= 4 is 17.5 Å². The average molecular weight is 318 g/mol. The summed E-state index contributed by atoms with van der Waals surface area (Å²) >= 11 is 5.81. The maximum Gasteiger partial charge on any atom is 0.260 e. The van der Waals surface area contributed by atoms with Crippen molar-refractivity contribution in [3.8, 4) is 5.75 Å². The standard InChI is InChI=1S/C18H20ClNO2/c1-3-14-4-6-15(7-5-14)12-20(2)18(21)13-22-17-10-8-16(19)9-11-17/h4-11H,3,12-13H2,1-2H3. The third kappa shape index (κ3) is 4.78. The molecular weight excluding hydrogens is 298 g/mol. The second-order valence-corrected chi connectivity index (χ2v) is 5.60. The number of benzene rings is 2. The van der Waals surface area contributed by atoms with Crippen molar-refractivity contribution in [2.45, 2.75) is 19.9 Å². The molecule has 0 aromatic heterocycles. The van der Waals surface area contributed by atoms with E-state index in [0.29, 0.717) is 17.3 Å². The Labute approximate surface area is 136 Å². The Bertz CT molecular complexity index is 608. The summed E-state index contributed by atoms with van der Waals surface area (Å²) in [7, 11) is 1.78. The number of aryl methyl sites for hydroxylation is 1. The molecule has 0 radical (unpaired) electrons. The van der Waals surface area contributed by atoms with Crippen molar-refractivity contribution in [2.24, 2.45) is 0 Å². The first-order valence-corrected chi connectivity index (χ1v) is 7.66. The van der Waals surface area contributed by atoms with E-state index in [9.17, 15) is 4.79 Å². The minimum atomic E-state index is -0.0606. The SMILES string of the molecule is CCc1ccc(CN(C)C(=O)COc2ccc(Cl)cc2)cc1. The van der Waals surface area contributed by atoms with Gasteiger partial charge in [0, 0.05) is 18.6 Å². The van der Waals surface area contributed by atoms with E-state index in [2.05, 4.69) is 31.2 Å². The number of rotatable bonds is 6. The van der Waals surface area contributed by atoms with Gasteiger partial charge in [-0.1, -0.05) is 42.8 Å². The smallest absolute Gasteiger partial charge is 0.260 e. The van der Waals surface area contributed by atoms with E-state index in [1.807, 2.05) is 0 Å². The molecule has 0 unspecified atom stereocenters. The van der Waals surface area contributed by atoms with Crippen LogP contribution in [0.3, 0.4) is 0 Å². The van der Waals surface area contributed by atoms with Crippen LogP contribution in [0.2, 0.25) is 5.02 Å². The highest BCUT2D eigenvalue weighted by Crippen LogP contribution is 2.15. The summed E-state index contributed by atoms with van der Waals surface area (Å²) in [6.07, 6.45) is 1.02. The Hall–Kier alpha value is -2.00. The summed E-state index contributed by atoms with van der Waals surface area (Å²) in [5.41, 5.74) is 2.41. The molecule has 2 aromatic carbocycles. The minimum Gasteiger partial charge on any atom is -0.484 e.